The number of nitro benzene ring substituents is 1. The summed E-state index contributed by atoms with van der Waals surface area (Å²) >= 11 is 5.62. The number of hydrogen-bond donors (Lipinski definition) is 1. The van der Waals surface area contributed by atoms with Crippen molar-refractivity contribution < 1.29 is 14.1 Å². The zero-order chi connectivity index (χ0) is 21.8. The van der Waals surface area contributed by atoms with E-state index in [0.29, 0.717) is 35.3 Å². The highest BCUT2D eigenvalue weighted by atomic mass is 32.1. The van der Waals surface area contributed by atoms with Crippen LogP contribution in [0, 0.1) is 10.1 Å². The number of nitro groups is 1. The van der Waals surface area contributed by atoms with Gasteiger partial charge in [0.1, 0.15) is 17.6 Å². The lowest BCUT2D eigenvalue weighted by molar-refractivity contribution is -0.384. The van der Waals surface area contributed by atoms with Crippen molar-refractivity contribution in [2.24, 2.45) is 0 Å². The van der Waals surface area contributed by atoms with E-state index in [9.17, 15) is 10.1 Å². The van der Waals surface area contributed by atoms with Crippen molar-refractivity contribution in [3.63, 3.8) is 0 Å². The maximum absolute atomic E-state index is 11.1. The topological polar surface area (TPSA) is 93.7 Å². The summed E-state index contributed by atoms with van der Waals surface area (Å²) in [7, 11) is 1.67. The van der Waals surface area contributed by atoms with Crippen LogP contribution in [0.5, 0.6) is 0 Å². The molecule has 2 atom stereocenters. The molecule has 1 aromatic carbocycles. The van der Waals surface area contributed by atoms with E-state index in [0.717, 1.165) is 12.1 Å². The number of aromatic nitrogens is 1. The number of methoxy groups -OCH3 is 1. The number of pyridine rings is 1. The van der Waals surface area contributed by atoms with E-state index >= 15 is 0 Å². The number of hydrogen-bond acceptors (Lipinski definition) is 6. The minimum atomic E-state index is -0.415. The van der Waals surface area contributed by atoms with Gasteiger partial charge in [-0.05, 0) is 42.9 Å². The highest BCUT2D eigenvalue weighted by Gasteiger charge is 2.41. The van der Waals surface area contributed by atoms with Crippen LogP contribution in [0.4, 0.5) is 5.69 Å². The Labute approximate surface area is 185 Å². The Morgan fingerprint density at radius 3 is 2.87 bits per heavy atom. The molecule has 0 spiro atoms. The van der Waals surface area contributed by atoms with Crippen LogP contribution >= 0.6 is 12.2 Å². The maximum atomic E-state index is 11.1. The fraction of sp³-hybridized carbons (Fsp3) is 0.273. The highest BCUT2D eigenvalue weighted by Crippen LogP contribution is 2.40. The summed E-state index contributed by atoms with van der Waals surface area (Å²) in [5.74, 6) is 1.27. The molecule has 1 aliphatic rings. The largest absolute Gasteiger partial charge is 0.459 e. The molecule has 3 heterocycles. The summed E-state index contributed by atoms with van der Waals surface area (Å²) in [4.78, 5) is 17.3. The van der Waals surface area contributed by atoms with Gasteiger partial charge < -0.3 is 19.4 Å². The Morgan fingerprint density at radius 2 is 2.13 bits per heavy atom. The van der Waals surface area contributed by atoms with Crippen molar-refractivity contribution in [2.75, 3.05) is 20.3 Å². The van der Waals surface area contributed by atoms with Crippen LogP contribution in [0.15, 0.2) is 65.2 Å². The molecule has 0 bridgehead atoms. The third-order valence-corrected chi connectivity index (χ3v) is 5.56. The van der Waals surface area contributed by atoms with E-state index < -0.39 is 4.92 Å². The van der Waals surface area contributed by atoms with Crippen LogP contribution in [0.25, 0.3) is 11.3 Å². The highest BCUT2D eigenvalue weighted by molar-refractivity contribution is 7.80. The minimum Gasteiger partial charge on any atom is -0.459 e. The Morgan fingerprint density at radius 1 is 1.26 bits per heavy atom. The standard InChI is InChI=1S/C22H22N4O4S/c1-29-13-5-12-25-21(20(24-22(25)31)17-8-2-3-11-23-17)19-10-9-18(30-19)15-6-4-7-16(14-15)26(27)28/h2-4,6-11,14,20-21H,5,12-13H2,1H3,(H,24,31)/t20-,21-/m1/s1. The third kappa shape index (κ3) is 4.42. The van der Waals surface area contributed by atoms with Gasteiger partial charge in [0.2, 0.25) is 0 Å². The van der Waals surface area contributed by atoms with Gasteiger partial charge in [0.15, 0.2) is 5.11 Å². The zero-order valence-corrected chi connectivity index (χ0v) is 17.7. The lowest BCUT2D eigenvalue weighted by Gasteiger charge is -2.25. The molecule has 0 aliphatic carbocycles. The first-order valence-corrected chi connectivity index (χ1v) is 10.3. The summed E-state index contributed by atoms with van der Waals surface area (Å²) in [5, 5.41) is 15.1. The van der Waals surface area contributed by atoms with Crippen molar-refractivity contribution >= 4 is 23.0 Å². The van der Waals surface area contributed by atoms with E-state index in [2.05, 4.69) is 15.2 Å². The summed E-state index contributed by atoms with van der Waals surface area (Å²) in [6, 6.07) is 15.5. The molecule has 4 rings (SSSR count). The first-order chi connectivity index (χ1) is 15.1. The Hall–Kier alpha value is -3.30. The van der Waals surface area contributed by atoms with Crippen molar-refractivity contribution in [3.05, 3.63) is 82.4 Å². The fourth-order valence-electron chi connectivity index (χ4n) is 3.77. The third-order valence-electron chi connectivity index (χ3n) is 5.21. The Balaban J connectivity index is 1.68. The average molecular weight is 439 g/mol. The van der Waals surface area contributed by atoms with Crippen LogP contribution in [0.1, 0.15) is 30.0 Å². The molecule has 0 amide bonds. The first-order valence-electron chi connectivity index (χ1n) is 9.90. The maximum Gasteiger partial charge on any atom is 0.270 e. The van der Waals surface area contributed by atoms with Gasteiger partial charge in [-0.1, -0.05) is 18.2 Å². The SMILES string of the molecule is COCCCN1C(=S)N[C@H](c2ccccn2)[C@H]1c1ccc(-c2cccc([N+](=O)[O-])c2)o1. The van der Waals surface area contributed by atoms with Gasteiger partial charge in [-0.15, -0.1) is 0 Å². The number of rotatable bonds is 8. The van der Waals surface area contributed by atoms with Crippen LogP contribution in [0.2, 0.25) is 0 Å². The van der Waals surface area contributed by atoms with Gasteiger partial charge >= 0.3 is 0 Å². The molecule has 0 radical (unpaired) electrons. The molecule has 160 valence electrons. The van der Waals surface area contributed by atoms with Crippen LogP contribution in [0.3, 0.4) is 0 Å². The number of furan rings is 1. The van der Waals surface area contributed by atoms with Crippen molar-refractivity contribution in [3.8, 4) is 11.3 Å². The van der Waals surface area contributed by atoms with Crippen molar-refractivity contribution in [1.29, 1.82) is 0 Å². The van der Waals surface area contributed by atoms with Gasteiger partial charge in [-0.2, -0.15) is 0 Å². The number of nitrogens with one attached hydrogen (secondary N) is 1. The normalized spacial score (nSPS) is 18.2. The van der Waals surface area contributed by atoms with E-state index in [1.807, 2.05) is 30.3 Å². The number of benzene rings is 1. The summed E-state index contributed by atoms with van der Waals surface area (Å²) < 4.78 is 11.4. The molecule has 1 fully saturated rings. The van der Waals surface area contributed by atoms with Crippen LogP contribution < -0.4 is 5.32 Å². The molecule has 31 heavy (non-hydrogen) atoms. The lowest BCUT2D eigenvalue weighted by Crippen LogP contribution is -2.31. The van der Waals surface area contributed by atoms with Gasteiger partial charge in [0, 0.05) is 44.2 Å². The number of non-ortho nitro benzene ring substituents is 1. The van der Waals surface area contributed by atoms with Gasteiger partial charge in [0.25, 0.3) is 5.69 Å². The molecule has 8 nitrogen and oxygen atoms in total. The second-order valence-electron chi connectivity index (χ2n) is 7.18. The quantitative estimate of drug-likeness (QED) is 0.241. The molecular weight excluding hydrogens is 416 g/mol. The Kier molecular flexibility index (Phi) is 6.24. The molecule has 0 saturated carbocycles. The number of nitrogens with zero attached hydrogens (tertiary/aromatic N) is 3. The number of ether oxygens (including phenoxy) is 1. The fourth-order valence-corrected chi connectivity index (χ4v) is 4.11. The summed E-state index contributed by atoms with van der Waals surface area (Å²) in [6.45, 7) is 1.32. The predicted molar refractivity (Wildman–Crippen MR) is 119 cm³/mol. The average Bonchev–Trinajstić information content (AvgIpc) is 3.39. The molecule has 1 aliphatic heterocycles. The smallest absolute Gasteiger partial charge is 0.270 e. The van der Waals surface area contributed by atoms with Crippen molar-refractivity contribution in [1.82, 2.24) is 15.2 Å². The lowest BCUT2D eigenvalue weighted by atomic mass is 10.0. The molecule has 0 unspecified atom stereocenters. The number of thiocarbonyl (C=S) groups is 1. The van der Waals surface area contributed by atoms with Crippen LogP contribution in [-0.4, -0.2) is 40.2 Å². The van der Waals surface area contributed by atoms with E-state index in [1.165, 1.54) is 12.1 Å². The molecular formula is C22H22N4O4S. The molecule has 2 aromatic heterocycles. The minimum absolute atomic E-state index is 0.0201. The monoisotopic (exact) mass is 438 g/mol. The van der Waals surface area contributed by atoms with Gasteiger partial charge in [0.05, 0.1) is 16.7 Å². The molecule has 3 aromatic rings. The second-order valence-corrected chi connectivity index (χ2v) is 7.56. The molecule has 1 saturated heterocycles. The van der Waals surface area contributed by atoms with Gasteiger partial charge in [-0.25, -0.2) is 0 Å². The van der Waals surface area contributed by atoms with E-state index in [1.54, 1.807) is 25.4 Å². The van der Waals surface area contributed by atoms with Crippen LogP contribution in [-0.2, 0) is 4.74 Å². The van der Waals surface area contributed by atoms with Crippen molar-refractivity contribution in [2.45, 2.75) is 18.5 Å². The second kappa shape index (κ2) is 9.23. The zero-order valence-electron chi connectivity index (χ0n) is 16.9. The first kappa shape index (κ1) is 21.0. The van der Waals surface area contributed by atoms with E-state index in [4.69, 9.17) is 21.4 Å². The molecule has 9 heteroatoms. The summed E-state index contributed by atoms with van der Waals surface area (Å²) in [5.41, 5.74) is 1.53. The molecule has 1 N–H and O–H groups in total. The summed E-state index contributed by atoms with van der Waals surface area (Å²) in [6.07, 6.45) is 2.56. The Bertz CT molecular complexity index is 1070. The van der Waals surface area contributed by atoms with Gasteiger partial charge in [-0.3, -0.25) is 15.1 Å². The van der Waals surface area contributed by atoms with E-state index in [-0.39, 0.29) is 17.8 Å². The predicted octanol–water partition coefficient (Wildman–Crippen LogP) is 4.26.